The molecule has 1 unspecified atom stereocenters. The van der Waals surface area contributed by atoms with Gasteiger partial charge in [-0.05, 0) is 61.7 Å². The number of benzene rings is 2. The van der Waals surface area contributed by atoms with Crippen LogP contribution in [0.15, 0.2) is 64.7 Å². The van der Waals surface area contributed by atoms with Gasteiger partial charge in [-0.15, -0.1) is 0 Å². The van der Waals surface area contributed by atoms with Crippen molar-refractivity contribution in [3.05, 3.63) is 71.4 Å². The number of rotatable bonds is 6. The van der Waals surface area contributed by atoms with Crippen LogP contribution in [0.4, 0.5) is 0 Å². The number of piperidine rings is 1. The largest absolute Gasteiger partial charge is 0.497 e. The fourth-order valence-corrected chi connectivity index (χ4v) is 4.78. The highest BCUT2D eigenvalue weighted by atomic mass is 16.5. The van der Waals surface area contributed by atoms with Crippen molar-refractivity contribution < 1.29 is 9.53 Å². The summed E-state index contributed by atoms with van der Waals surface area (Å²) >= 11 is 0. The van der Waals surface area contributed by atoms with Gasteiger partial charge in [0.15, 0.2) is 11.7 Å². The summed E-state index contributed by atoms with van der Waals surface area (Å²) in [4.78, 5) is 24.4. The lowest BCUT2D eigenvalue weighted by Gasteiger charge is -2.29. The van der Waals surface area contributed by atoms with Crippen LogP contribution in [-0.2, 0) is 6.54 Å². The summed E-state index contributed by atoms with van der Waals surface area (Å²) in [6.45, 7) is 3.30. The molecular formula is C26H30N6O2. The maximum atomic E-state index is 12.9. The van der Waals surface area contributed by atoms with Gasteiger partial charge in [-0.1, -0.05) is 24.3 Å². The number of hydrogen-bond acceptors (Lipinski definition) is 7. The normalized spacial score (nSPS) is 20.2. The molecule has 0 saturated carbocycles. The first-order valence-corrected chi connectivity index (χ1v) is 11.7. The average molecular weight is 459 g/mol. The number of aliphatic imine (C=N–C) groups is 2. The highest BCUT2D eigenvalue weighted by Crippen LogP contribution is 2.32. The van der Waals surface area contributed by atoms with Crippen LogP contribution in [0.1, 0.15) is 34.3 Å². The minimum atomic E-state index is -0.125. The van der Waals surface area contributed by atoms with E-state index in [0.717, 1.165) is 60.9 Å². The van der Waals surface area contributed by atoms with Crippen molar-refractivity contribution >= 4 is 23.3 Å². The molecule has 1 atom stereocenters. The average Bonchev–Trinajstić information content (AvgIpc) is 3.35. The van der Waals surface area contributed by atoms with Gasteiger partial charge in [0.25, 0.3) is 5.91 Å². The predicted molar refractivity (Wildman–Crippen MR) is 134 cm³/mol. The van der Waals surface area contributed by atoms with E-state index in [1.165, 1.54) is 0 Å². The van der Waals surface area contributed by atoms with E-state index >= 15 is 0 Å². The maximum absolute atomic E-state index is 12.9. The van der Waals surface area contributed by atoms with Crippen LogP contribution in [0.25, 0.3) is 5.70 Å². The van der Waals surface area contributed by atoms with Crippen molar-refractivity contribution in [3.8, 4) is 5.75 Å². The summed E-state index contributed by atoms with van der Waals surface area (Å²) in [6, 6.07) is 15.5. The second-order valence-electron chi connectivity index (χ2n) is 8.86. The molecule has 1 fully saturated rings. The maximum Gasteiger partial charge on any atom is 0.251 e. The Morgan fingerprint density at radius 1 is 1.21 bits per heavy atom. The van der Waals surface area contributed by atoms with Crippen LogP contribution in [0.3, 0.4) is 0 Å². The van der Waals surface area contributed by atoms with Crippen LogP contribution in [0, 0.1) is 5.92 Å². The van der Waals surface area contributed by atoms with Crippen LogP contribution in [0.2, 0.25) is 0 Å². The summed E-state index contributed by atoms with van der Waals surface area (Å²) in [7, 11) is 1.63. The molecule has 2 aromatic rings. The standard InChI is InChI=1S/C26H30N6O2/c1-34-21-7-5-17(6-8-21)14-30-26(33)20-4-2-3-19(13-20)23-15-29-24(27)25-31-22(16-32(23)25)18-9-11-28-12-10-18/h2-8,13,15,18,22,28H,9-12,14,16H2,1H3,(H2,27,29)(H,30,33). The van der Waals surface area contributed by atoms with Crippen molar-refractivity contribution in [2.45, 2.75) is 25.4 Å². The summed E-state index contributed by atoms with van der Waals surface area (Å²) in [5.74, 6) is 2.41. The Bertz CT molecular complexity index is 1150. The second kappa shape index (κ2) is 9.69. The van der Waals surface area contributed by atoms with Crippen LogP contribution < -0.4 is 21.1 Å². The third-order valence-corrected chi connectivity index (χ3v) is 6.72. The summed E-state index contributed by atoms with van der Waals surface area (Å²) < 4.78 is 5.19. The van der Waals surface area contributed by atoms with Gasteiger partial charge in [-0.2, -0.15) is 0 Å². The Morgan fingerprint density at radius 2 is 2.00 bits per heavy atom. The summed E-state index contributed by atoms with van der Waals surface area (Å²) in [5, 5.41) is 6.42. The fourth-order valence-electron chi connectivity index (χ4n) is 4.78. The Hall–Kier alpha value is -3.65. The van der Waals surface area contributed by atoms with Crippen molar-refractivity contribution in [2.75, 3.05) is 26.7 Å². The first-order valence-electron chi connectivity index (χ1n) is 11.7. The van der Waals surface area contributed by atoms with Gasteiger partial charge in [0, 0.05) is 24.2 Å². The van der Waals surface area contributed by atoms with Crippen LogP contribution in [-0.4, -0.2) is 55.3 Å². The molecule has 2 aromatic carbocycles. The molecule has 3 aliphatic rings. The van der Waals surface area contributed by atoms with Gasteiger partial charge in [-0.25, -0.2) is 4.99 Å². The van der Waals surface area contributed by atoms with E-state index in [1.54, 1.807) is 13.3 Å². The van der Waals surface area contributed by atoms with Crippen molar-refractivity contribution in [1.82, 2.24) is 15.5 Å². The van der Waals surface area contributed by atoms with E-state index in [2.05, 4.69) is 20.5 Å². The molecule has 4 N–H and O–H groups in total. The van der Waals surface area contributed by atoms with E-state index in [4.69, 9.17) is 15.5 Å². The molecule has 1 amide bonds. The van der Waals surface area contributed by atoms with Gasteiger partial charge in [0.05, 0.1) is 25.0 Å². The molecule has 8 nitrogen and oxygen atoms in total. The molecule has 176 valence electrons. The van der Waals surface area contributed by atoms with E-state index in [0.29, 0.717) is 23.9 Å². The first-order chi connectivity index (χ1) is 16.6. The number of ether oxygens (including phenoxy) is 1. The number of carbonyl (C=O) groups excluding carboxylic acids is 1. The Morgan fingerprint density at radius 3 is 2.76 bits per heavy atom. The topological polar surface area (TPSA) is 104 Å². The number of amides is 1. The van der Waals surface area contributed by atoms with Crippen molar-refractivity contribution in [3.63, 3.8) is 0 Å². The lowest BCUT2D eigenvalue weighted by atomic mass is 9.90. The van der Waals surface area contributed by atoms with Gasteiger partial charge in [0.1, 0.15) is 5.75 Å². The molecule has 3 aliphatic heterocycles. The third kappa shape index (κ3) is 4.54. The minimum Gasteiger partial charge on any atom is -0.497 e. The Labute approximate surface area is 199 Å². The smallest absolute Gasteiger partial charge is 0.251 e. The Kier molecular flexibility index (Phi) is 6.31. The lowest BCUT2D eigenvalue weighted by Crippen LogP contribution is -2.40. The van der Waals surface area contributed by atoms with Gasteiger partial charge >= 0.3 is 0 Å². The van der Waals surface area contributed by atoms with E-state index in [-0.39, 0.29) is 11.9 Å². The van der Waals surface area contributed by atoms with Gasteiger partial charge < -0.3 is 26.0 Å². The number of carbonyl (C=O) groups is 1. The Balaban J connectivity index is 1.30. The number of fused-ring (bicyclic) bond motifs is 1. The van der Waals surface area contributed by atoms with Crippen LogP contribution in [0.5, 0.6) is 5.75 Å². The first kappa shape index (κ1) is 22.2. The zero-order chi connectivity index (χ0) is 23.5. The molecule has 5 rings (SSSR count). The minimum absolute atomic E-state index is 0.125. The zero-order valence-electron chi connectivity index (χ0n) is 19.3. The van der Waals surface area contributed by atoms with E-state index in [9.17, 15) is 4.79 Å². The molecule has 34 heavy (non-hydrogen) atoms. The quantitative estimate of drug-likeness (QED) is 0.617. The molecule has 0 aliphatic carbocycles. The molecule has 1 saturated heterocycles. The molecule has 3 heterocycles. The number of nitrogens with two attached hydrogens (primary N) is 1. The molecule has 0 radical (unpaired) electrons. The van der Waals surface area contributed by atoms with Crippen molar-refractivity contribution in [2.24, 2.45) is 21.6 Å². The van der Waals surface area contributed by atoms with Gasteiger partial charge in [-0.3, -0.25) is 9.79 Å². The van der Waals surface area contributed by atoms with E-state index < -0.39 is 0 Å². The molecular weight excluding hydrogens is 428 g/mol. The lowest BCUT2D eigenvalue weighted by molar-refractivity contribution is 0.0951. The van der Waals surface area contributed by atoms with Crippen molar-refractivity contribution in [1.29, 1.82) is 0 Å². The second-order valence-corrected chi connectivity index (χ2v) is 8.86. The summed E-state index contributed by atoms with van der Waals surface area (Å²) in [6.07, 6.45) is 4.03. The number of nitrogens with zero attached hydrogens (tertiary/aromatic N) is 3. The molecule has 8 heteroatoms. The molecule has 0 aromatic heterocycles. The number of nitrogens with one attached hydrogen (secondary N) is 2. The monoisotopic (exact) mass is 458 g/mol. The number of hydrogen-bond donors (Lipinski definition) is 3. The van der Waals surface area contributed by atoms with Gasteiger partial charge in [0.2, 0.25) is 0 Å². The number of methoxy groups -OCH3 is 1. The highest BCUT2D eigenvalue weighted by Gasteiger charge is 2.36. The highest BCUT2D eigenvalue weighted by molar-refractivity contribution is 6.42. The SMILES string of the molecule is COc1ccc(CNC(=O)c2cccc(C3=CN=C(N)C4=NC(C5CCNCC5)CN34)c2)cc1. The molecule has 0 spiro atoms. The predicted octanol–water partition coefficient (Wildman–Crippen LogP) is 2.38. The fraction of sp³-hybridized carbons (Fsp3) is 0.346. The number of amidine groups is 2. The van der Waals surface area contributed by atoms with E-state index in [1.807, 2.05) is 48.5 Å². The third-order valence-electron chi connectivity index (χ3n) is 6.72. The summed E-state index contributed by atoms with van der Waals surface area (Å²) in [5.41, 5.74) is 9.65. The molecule has 0 bridgehead atoms. The zero-order valence-corrected chi connectivity index (χ0v) is 19.3. The van der Waals surface area contributed by atoms with Crippen LogP contribution >= 0.6 is 0 Å².